The van der Waals surface area contributed by atoms with Crippen molar-refractivity contribution in [3.05, 3.63) is 11.7 Å². The van der Waals surface area contributed by atoms with E-state index in [4.69, 9.17) is 4.52 Å². The lowest BCUT2D eigenvalue weighted by molar-refractivity contribution is 0.102. The van der Waals surface area contributed by atoms with E-state index in [1.165, 1.54) is 58.2 Å². The van der Waals surface area contributed by atoms with Crippen molar-refractivity contribution in [2.75, 3.05) is 32.7 Å². The molecule has 0 N–H and O–H groups in total. The average Bonchev–Trinajstić information content (AvgIpc) is 2.93. The molecule has 0 aliphatic carbocycles. The molecule has 0 saturated carbocycles. The molecule has 0 amide bonds. The first-order valence-electron chi connectivity index (χ1n) is 9.55. The third-order valence-electron chi connectivity index (χ3n) is 5.57. The van der Waals surface area contributed by atoms with Crippen molar-refractivity contribution >= 4 is 0 Å². The molecule has 3 heterocycles. The number of hydrogen-bond donors (Lipinski definition) is 0. The molecule has 2 fully saturated rings. The van der Waals surface area contributed by atoms with Crippen LogP contribution in [0.1, 0.15) is 70.1 Å². The molecule has 23 heavy (non-hydrogen) atoms. The van der Waals surface area contributed by atoms with Gasteiger partial charge in [0.05, 0.1) is 6.04 Å². The summed E-state index contributed by atoms with van der Waals surface area (Å²) in [6.07, 6.45) is 9.09. The van der Waals surface area contributed by atoms with Gasteiger partial charge in [0.15, 0.2) is 5.82 Å². The Morgan fingerprint density at radius 1 is 1.09 bits per heavy atom. The van der Waals surface area contributed by atoms with Crippen LogP contribution in [0.15, 0.2) is 4.52 Å². The first-order valence-corrected chi connectivity index (χ1v) is 9.55. The second kappa shape index (κ2) is 8.25. The van der Waals surface area contributed by atoms with Gasteiger partial charge in [0.25, 0.3) is 0 Å². The summed E-state index contributed by atoms with van der Waals surface area (Å²) in [6, 6.07) is 0.252. The molecule has 1 aromatic rings. The molecule has 2 aliphatic rings. The largest absolute Gasteiger partial charge is 0.338 e. The van der Waals surface area contributed by atoms with Crippen molar-refractivity contribution in [3.63, 3.8) is 0 Å². The molecule has 2 saturated heterocycles. The number of aromatic nitrogens is 2. The van der Waals surface area contributed by atoms with Gasteiger partial charge in [-0.15, -0.1) is 0 Å². The van der Waals surface area contributed by atoms with Crippen LogP contribution in [-0.4, -0.2) is 52.7 Å². The fraction of sp³-hybridized carbons (Fsp3) is 0.889. The molecular weight excluding hydrogens is 288 g/mol. The van der Waals surface area contributed by atoms with Crippen molar-refractivity contribution < 1.29 is 4.52 Å². The van der Waals surface area contributed by atoms with Crippen LogP contribution >= 0.6 is 0 Å². The van der Waals surface area contributed by atoms with E-state index < -0.39 is 0 Å². The molecule has 0 radical (unpaired) electrons. The number of hydrogen-bond acceptors (Lipinski definition) is 5. The van der Waals surface area contributed by atoms with Gasteiger partial charge in [-0.25, -0.2) is 0 Å². The second-order valence-electron chi connectivity index (χ2n) is 7.27. The van der Waals surface area contributed by atoms with E-state index in [-0.39, 0.29) is 6.04 Å². The van der Waals surface area contributed by atoms with Crippen LogP contribution in [-0.2, 0) is 6.42 Å². The van der Waals surface area contributed by atoms with Crippen LogP contribution in [0.4, 0.5) is 0 Å². The fourth-order valence-electron chi connectivity index (χ4n) is 3.94. The number of piperidine rings is 1. The van der Waals surface area contributed by atoms with Gasteiger partial charge in [-0.05, 0) is 64.7 Å². The molecule has 1 atom stereocenters. The maximum Gasteiger partial charge on any atom is 0.243 e. The summed E-state index contributed by atoms with van der Waals surface area (Å²) in [4.78, 5) is 9.72. The van der Waals surface area contributed by atoms with E-state index in [9.17, 15) is 0 Å². The molecule has 1 aromatic heterocycles. The highest BCUT2D eigenvalue weighted by molar-refractivity contribution is 4.93. The van der Waals surface area contributed by atoms with Crippen LogP contribution < -0.4 is 0 Å². The van der Waals surface area contributed by atoms with Gasteiger partial charge in [-0.1, -0.05) is 24.9 Å². The lowest BCUT2D eigenvalue weighted by Crippen LogP contribution is -2.40. The van der Waals surface area contributed by atoms with Crippen LogP contribution in [0, 0.1) is 5.92 Å². The highest BCUT2D eigenvalue weighted by Gasteiger charge is 2.27. The first-order chi connectivity index (χ1) is 11.3. The molecule has 0 spiro atoms. The lowest BCUT2D eigenvalue weighted by Gasteiger charge is -2.36. The van der Waals surface area contributed by atoms with Crippen molar-refractivity contribution in [3.8, 4) is 0 Å². The van der Waals surface area contributed by atoms with E-state index in [1.807, 2.05) is 0 Å². The first kappa shape index (κ1) is 16.9. The van der Waals surface area contributed by atoms with Crippen molar-refractivity contribution in [2.45, 2.75) is 64.8 Å². The van der Waals surface area contributed by atoms with Gasteiger partial charge in [-0.3, -0.25) is 4.90 Å². The van der Waals surface area contributed by atoms with Gasteiger partial charge in [0.1, 0.15) is 0 Å². The van der Waals surface area contributed by atoms with E-state index in [2.05, 4.69) is 33.8 Å². The monoisotopic (exact) mass is 320 g/mol. The smallest absolute Gasteiger partial charge is 0.243 e. The number of rotatable bonds is 5. The maximum absolute atomic E-state index is 5.42. The van der Waals surface area contributed by atoms with Gasteiger partial charge < -0.3 is 9.42 Å². The maximum atomic E-state index is 5.42. The Morgan fingerprint density at radius 2 is 1.78 bits per heavy atom. The number of likely N-dealkylation sites (tertiary alicyclic amines) is 2. The van der Waals surface area contributed by atoms with Crippen molar-refractivity contribution in [1.29, 1.82) is 0 Å². The molecule has 2 aliphatic heterocycles. The van der Waals surface area contributed by atoms with Crippen molar-refractivity contribution in [2.24, 2.45) is 5.92 Å². The summed E-state index contributed by atoms with van der Waals surface area (Å²) >= 11 is 0. The molecule has 0 aromatic carbocycles. The molecule has 5 nitrogen and oxygen atoms in total. The Morgan fingerprint density at radius 3 is 2.39 bits per heavy atom. The Labute approximate surface area is 140 Å². The third kappa shape index (κ3) is 4.54. The van der Waals surface area contributed by atoms with Crippen LogP contribution in [0.25, 0.3) is 0 Å². The Kier molecular flexibility index (Phi) is 6.06. The summed E-state index contributed by atoms with van der Waals surface area (Å²) in [5.74, 6) is 2.47. The number of aryl methyl sites for hydroxylation is 1. The summed E-state index contributed by atoms with van der Waals surface area (Å²) in [5, 5.41) is 4.03. The van der Waals surface area contributed by atoms with Crippen LogP contribution in [0.5, 0.6) is 0 Å². The second-order valence-corrected chi connectivity index (χ2v) is 7.27. The Balaban J connectivity index is 1.45. The standard InChI is InChI=1S/C18H32N4O/c1-3-17-19-18(23-20-17)15(2)22-12-8-16(9-13-22)14-21-10-6-4-5-7-11-21/h15-16H,3-14H2,1-2H3/t15-/m1/s1. The Hall–Kier alpha value is -0.940. The summed E-state index contributed by atoms with van der Waals surface area (Å²) < 4.78 is 5.42. The molecule has 3 rings (SSSR count). The minimum absolute atomic E-state index is 0.252. The zero-order valence-corrected chi connectivity index (χ0v) is 14.8. The predicted molar refractivity (Wildman–Crippen MR) is 91.3 cm³/mol. The fourth-order valence-corrected chi connectivity index (χ4v) is 3.94. The minimum atomic E-state index is 0.252. The van der Waals surface area contributed by atoms with Crippen molar-refractivity contribution in [1.82, 2.24) is 19.9 Å². The van der Waals surface area contributed by atoms with Crippen LogP contribution in [0.3, 0.4) is 0 Å². The van der Waals surface area contributed by atoms with E-state index >= 15 is 0 Å². The molecular formula is C18H32N4O. The SMILES string of the molecule is CCc1noc([C@@H](C)N2CCC(CN3CCCCCC3)CC2)n1. The van der Waals surface area contributed by atoms with Crippen LogP contribution in [0.2, 0.25) is 0 Å². The Bertz CT molecular complexity index is 459. The zero-order valence-electron chi connectivity index (χ0n) is 14.8. The molecule has 5 heteroatoms. The topological polar surface area (TPSA) is 45.4 Å². The average molecular weight is 320 g/mol. The highest BCUT2D eigenvalue weighted by Crippen LogP contribution is 2.26. The van der Waals surface area contributed by atoms with Gasteiger partial charge in [0, 0.05) is 13.0 Å². The normalized spacial score (nSPS) is 23.7. The van der Waals surface area contributed by atoms with Gasteiger partial charge in [0.2, 0.25) is 5.89 Å². The predicted octanol–water partition coefficient (Wildman–Crippen LogP) is 3.28. The number of nitrogens with zero attached hydrogens (tertiary/aromatic N) is 4. The summed E-state index contributed by atoms with van der Waals surface area (Å²) in [5.41, 5.74) is 0. The summed E-state index contributed by atoms with van der Waals surface area (Å²) in [7, 11) is 0. The van der Waals surface area contributed by atoms with Gasteiger partial charge >= 0.3 is 0 Å². The highest BCUT2D eigenvalue weighted by atomic mass is 16.5. The van der Waals surface area contributed by atoms with E-state index in [0.29, 0.717) is 0 Å². The minimum Gasteiger partial charge on any atom is -0.338 e. The third-order valence-corrected chi connectivity index (χ3v) is 5.57. The van der Waals surface area contributed by atoms with E-state index in [0.717, 1.165) is 37.1 Å². The molecule has 0 unspecified atom stereocenters. The molecule has 130 valence electrons. The molecule has 0 bridgehead atoms. The van der Waals surface area contributed by atoms with E-state index in [1.54, 1.807) is 0 Å². The lowest BCUT2D eigenvalue weighted by atomic mass is 9.95. The zero-order chi connectivity index (χ0) is 16.1. The quantitative estimate of drug-likeness (QED) is 0.833. The van der Waals surface area contributed by atoms with Gasteiger partial charge in [-0.2, -0.15) is 4.98 Å². The summed E-state index contributed by atoms with van der Waals surface area (Å²) in [6.45, 7) is 10.5.